The molecule has 0 bridgehead atoms. The fraction of sp³-hybridized carbons (Fsp3) is 0.417. The van der Waals surface area contributed by atoms with E-state index in [-0.39, 0.29) is 0 Å². The number of rotatable bonds is 1. The Kier molecular flexibility index (Phi) is 2.69. The van der Waals surface area contributed by atoms with Crippen LogP contribution in [0.3, 0.4) is 0 Å². The molecule has 72 valence electrons. The Morgan fingerprint density at radius 1 is 1.07 bits per heavy atom. The zero-order chi connectivity index (χ0) is 9.80. The largest absolute Gasteiger partial charge is 0.293 e. The molecule has 2 rings (SSSR count). The van der Waals surface area contributed by atoms with Gasteiger partial charge >= 0.3 is 0 Å². The molecule has 0 atom stereocenters. The highest BCUT2D eigenvalue weighted by molar-refractivity contribution is 5.51. The molecule has 0 radical (unpaired) electrons. The van der Waals surface area contributed by atoms with E-state index in [4.69, 9.17) is 5.26 Å². The average molecular weight is 186 g/mol. The number of anilines is 1. The zero-order valence-corrected chi connectivity index (χ0v) is 8.21. The lowest BCUT2D eigenvalue weighted by molar-refractivity contribution is 0.711. The average Bonchev–Trinajstić information content (AvgIpc) is 2.42. The second kappa shape index (κ2) is 4.15. The minimum absolute atomic E-state index is 0.924. The molecule has 0 aliphatic heterocycles. The van der Waals surface area contributed by atoms with Gasteiger partial charge in [0.15, 0.2) is 6.19 Å². The summed E-state index contributed by atoms with van der Waals surface area (Å²) in [4.78, 5) is 0. The Morgan fingerprint density at radius 2 is 1.86 bits per heavy atom. The number of fused-ring (bicyclic) bond motifs is 1. The van der Waals surface area contributed by atoms with Gasteiger partial charge in [0.2, 0.25) is 0 Å². The van der Waals surface area contributed by atoms with Gasteiger partial charge in [-0.1, -0.05) is 12.5 Å². The van der Waals surface area contributed by atoms with Gasteiger partial charge in [0, 0.05) is 5.69 Å². The number of nitrogens with one attached hydrogen (secondary N) is 1. The van der Waals surface area contributed by atoms with Gasteiger partial charge < -0.3 is 0 Å². The van der Waals surface area contributed by atoms with E-state index >= 15 is 0 Å². The van der Waals surface area contributed by atoms with Gasteiger partial charge in [0.25, 0.3) is 0 Å². The summed E-state index contributed by atoms with van der Waals surface area (Å²) in [5.74, 6) is 0. The van der Waals surface area contributed by atoms with E-state index in [9.17, 15) is 0 Å². The Balaban J connectivity index is 2.28. The molecule has 14 heavy (non-hydrogen) atoms. The third-order valence-electron chi connectivity index (χ3n) is 2.80. The summed E-state index contributed by atoms with van der Waals surface area (Å²) in [6.07, 6.45) is 8.23. The van der Waals surface area contributed by atoms with Crippen LogP contribution in [-0.2, 0) is 12.8 Å². The number of benzene rings is 1. The molecule has 1 aliphatic carbocycles. The maximum atomic E-state index is 8.52. The topological polar surface area (TPSA) is 35.8 Å². The monoisotopic (exact) mass is 186 g/mol. The van der Waals surface area contributed by atoms with Crippen molar-refractivity contribution in [3.05, 3.63) is 29.3 Å². The maximum Gasteiger partial charge on any atom is 0.181 e. The Bertz CT molecular complexity index is 363. The standard InChI is InChI=1S/C12H14N2/c13-9-14-12-7-6-10-4-2-1-3-5-11(10)8-12/h6-8,14H,1-5H2. The highest BCUT2D eigenvalue weighted by Gasteiger charge is 2.07. The van der Waals surface area contributed by atoms with Crippen LogP contribution in [0.1, 0.15) is 30.4 Å². The SMILES string of the molecule is N#CNc1ccc2c(c1)CCCCC2. The lowest BCUT2D eigenvalue weighted by Crippen LogP contribution is -1.94. The van der Waals surface area contributed by atoms with Crippen molar-refractivity contribution in [1.29, 1.82) is 5.26 Å². The first-order chi connectivity index (χ1) is 6.90. The molecule has 0 saturated carbocycles. The van der Waals surface area contributed by atoms with Crippen LogP contribution in [0.25, 0.3) is 0 Å². The highest BCUT2D eigenvalue weighted by Crippen LogP contribution is 2.23. The Labute approximate surface area is 84.6 Å². The molecule has 0 fully saturated rings. The molecule has 0 unspecified atom stereocenters. The van der Waals surface area contributed by atoms with Crippen molar-refractivity contribution in [3.8, 4) is 6.19 Å². The normalized spacial score (nSPS) is 15.1. The van der Waals surface area contributed by atoms with Crippen molar-refractivity contribution in [2.45, 2.75) is 32.1 Å². The second-order valence-electron chi connectivity index (χ2n) is 3.78. The second-order valence-corrected chi connectivity index (χ2v) is 3.78. The van der Waals surface area contributed by atoms with E-state index in [0.717, 1.165) is 12.1 Å². The van der Waals surface area contributed by atoms with Crippen LogP contribution in [0.4, 0.5) is 5.69 Å². The maximum absolute atomic E-state index is 8.52. The van der Waals surface area contributed by atoms with Crippen molar-refractivity contribution < 1.29 is 0 Å². The smallest absolute Gasteiger partial charge is 0.181 e. The van der Waals surface area contributed by atoms with E-state index in [1.165, 1.54) is 36.8 Å². The van der Waals surface area contributed by atoms with Crippen molar-refractivity contribution in [2.24, 2.45) is 0 Å². The van der Waals surface area contributed by atoms with Gasteiger partial charge in [-0.2, -0.15) is 5.26 Å². The van der Waals surface area contributed by atoms with Gasteiger partial charge in [0.1, 0.15) is 0 Å². The molecule has 0 aromatic heterocycles. The first-order valence-electron chi connectivity index (χ1n) is 5.17. The van der Waals surface area contributed by atoms with Gasteiger partial charge in [-0.15, -0.1) is 0 Å². The van der Waals surface area contributed by atoms with E-state index in [2.05, 4.69) is 17.4 Å². The fourth-order valence-electron chi connectivity index (χ4n) is 2.05. The van der Waals surface area contributed by atoms with Gasteiger partial charge in [-0.3, -0.25) is 5.32 Å². The molecular weight excluding hydrogens is 172 g/mol. The van der Waals surface area contributed by atoms with Crippen LogP contribution in [0, 0.1) is 11.5 Å². The quantitative estimate of drug-likeness (QED) is 0.416. The summed E-state index contributed by atoms with van der Waals surface area (Å²) in [6, 6.07) is 6.26. The van der Waals surface area contributed by atoms with E-state index in [0.29, 0.717) is 0 Å². The number of nitriles is 1. The number of hydrogen-bond acceptors (Lipinski definition) is 2. The molecule has 0 saturated heterocycles. The predicted molar refractivity (Wildman–Crippen MR) is 56.9 cm³/mol. The highest BCUT2D eigenvalue weighted by atomic mass is 14.9. The lowest BCUT2D eigenvalue weighted by Gasteiger charge is -2.06. The summed E-state index contributed by atoms with van der Waals surface area (Å²) >= 11 is 0. The summed E-state index contributed by atoms with van der Waals surface area (Å²) in [5, 5.41) is 11.2. The first-order valence-corrected chi connectivity index (χ1v) is 5.17. The zero-order valence-electron chi connectivity index (χ0n) is 8.21. The number of aryl methyl sites for hydroxylation is 2. The Hall–Kier alpha value is -1.49. The molecule has 1 aliphatic rings. The van der Waals surface area contributed by atoms with Crippen LogP contribution in [0.15, 0.2) is 18.2 Å². The molecule has 0 heterocycles. The summed E-state index contributed by atoms with van der Waals surface area (Å²) in [6.45, 7) is 0. The third kappa shape index (κ3) is 1.88. The van der Waals surface area contributed by atoms with Crippen molar-refractivity contribution in [2.75, 3.05) is 5.32 Å². The lowest BCUT2D eigenvalue weighted by atomic mass is 10.0. The number of nitrogens with zero attached hydrogens (tertiary/aromatic N) is 1. The molecule has 1 aromatic rings. The minimum atomic E-state index is 0.924. The van der Waals surface area contributed by atoms with Crippen molar-refractivity contribution in [3.63, 3.8) is 0 Å². The van der Waals surface area contributed by atoms with Gasteiger partial charge in [0.05, 0.1) is 0 Å². The van der Waals surface area contributed by atoms with Crippen LogP contribution >= 0.6 is 0 Å². The minimum Gasteiger partial charge on any atom is -0.293 e. The molecular formula is C12H14N2. The van der Waals surface area contributed by atoms with E-state index < -0.39 is 0 Å². The fourth-order valence-corrected chi connectivity index (χ4v) is 2.05. The Morgan fingerprint density at radius 3 is 2.64 bits per heavy atom. The molecule has 0 spiro atoms. The van der Waals surface area contributed by atoms with E-state index in [1.54, 1.807) is 0 Å². The van der Waals surface area contributed by atoms with Crippen LogP contribution < -0.4 is 5.32 Å². The van der Waals surface area contributed by atoms with Crippen molar-refractivity contribution in [1.82, 2.24) is 0 Å². The number of hydrogen-bond donors (Lipinski definition) is 1. The molecule has 0 amide bonds. The van der Waals surface area contributed by atoms with Crippen LogP contribution in [0.5, 0.6) is 0 Å². The van der Waals surface area contributed by atoms with Crippen molar-refractivity contribution >= 4 is 5.69 Å². The molecule has 1 N–H and O–H groups in total. The molecule has 2 nitrogen and oxygen atoms in total. The first kappa shape index (κ1) is 9.08. The van der Waals surface area contributed by atoms with Gasteiger partial charge in [-0.25, -0.2) is 0 Å². The third-order valence-corrected chi connectivity index (χ3v) is 2.80. The summed E-state index contributed by atoms with van der Waals surface area (Å²) in [5.41, 5.74) is 3.81. The predicted octanol–water partition coefficient (Wildman–Crippen LogP) is 2.85. The molecule has 1 aromatic carbocycles. The molecule has 2 heteroatoms. The summed E-state index contributed by atoms with van der Waals surface area (Å²) < 4.78 is 0. The van der Waals surface area contributed by atoms with Crippen LogP contribution in [0.2, 0.25) is 0 Å². The van der Waals surface area contributed by atoms with Gasteiger partial charge in [-0.05, 0) is 48.9 Å². The van der Waals surface area contributed by atoms with E-state index in [1.807, 2.05) is 12.3 Å². The van der Waals surface area contributed by atoms with Crippen LogP contribution in [-0.4, -0.2) is 0 Å². The summed E-state index contributed by atoms with van der Waals surface area (Å²) in [7, 11) is 0.